The minimum atomic E-state index is 0.212. The summed E-state index contributed by atoms with van der Waals surface area (Å²) in [6.07, 6.45) is 9.36. The Morgan fingerprint density at radius 3 is 3.05 bits per heavy atom. The lowest BCUT2D eigenvalue weighted by atomic mass is 9.84. The van der Waals surface area contributed by atoms with E-state index in [1.54, 1.807) is 18.5 Å². The molecule has 4 rings (SSSR count). The number of carbonyl (C=O) groups excluding carboxylic acids is 1. The van der Waals surface area contributed by atoms with Gasteiger partial charge in [0.1, 0.15) is 5.65 Å². The number of pyridine rings is 1. The zero-order valence-electron chi connectivity index (χ0n) is 11.2. The van der Waals surface area contributed by atoms with E-state index < -0.39 is 0 Å². The molecule has 1 N–H and O–H groups in total. The molecule has 0 radical (unpaired) electrons. The predicted octanol–water partition coefficient (Wildman–Crippen LogP) is 4.23. The van der Waals surface area contributed by atoms with Gasteiger partial charge < -0.3 is 4.98 Å². The van der Waals surface area contributed by atoms with Crippen LogP contribution in [0.1, 0.15) is 42.5 Å². The van der Waals surface area contributed by atoms with Crippen molar-refractivity contribution >= 4 is 28.4 Å². The van der Waals surface area contributed by atoms with Crippen LogP contribution in [0, 0.1) is 17.8 Å². The first kappa shape index (κ1) is 12.4. The van der Waals surface area contributed by atoms with Gasteiger partial charge >= 0.3 is 0 Å². The van der Waals surface area contributed by atoms with Gasteiger partial charge in [-0.2, -0.15) is 0 Å². The molecule has 2 aromatic heterocycles. The zero-order chi connectivity index (χ0) is 13.7. The number of nitrogens with one attached hydrogen (secondary N) is 1. The molecule has 3 atom stereocenters. The maximum Gasteiger partial charge on any atom is 0.165 e. The van der Waals surface area contributed by atoms with Crippen LogP contribution < -0.4 is 0 Å². The number of carbonyl (C=O) groups is 1. The maximum atomic E-state index is 12.6. The van der Waals surface area contributed by atoms with E-state index in [4.69, 9.17) is 11.6 Å². The summed E-state index contributed by atoms with van der Waals surface area (Å²) < 4.78 is 0. The second-order valence-electron chi connectivity index (χ2n) is 6.28. The number of nitrogens with zero attached hydrogens (tertiary/aromatic N) is 1. The monoisotopic (exact) mass is 288 g/mol. The highest BCUT2D eigenvalue weighted by molar-refractivity contribution is 6.36. The summed E-state index contributed by atoms with van der Waals surface area (Å²) in [5, 5.41) is 1.38. The zero-order valence-corrected chi connectivity index (χ0v) is 12.0. The van der Waals surface area contributed by atoms with Gasteiger partial charge in [0.25, 0.3) is 0 Å². The molecule has 4 heteroatoms. The average Bonchev–Trinajstić information content (AvgIpc) is 3.12. The largest absolute Gasteiger partial charge is 0.345 e. The van der Waals surface area contributed by atoms with Gasteiger partial charge in [-0.05, 0) is 43.1 Å². The number of aromatic amines is 1. The highest BCUT2D eigenvalue weighted by Gasteiger charge is 2.40. The number of hydrogen-bond donors (Lipinski definition) is 1. The minimum Gasteiger partial charge on any atom is -0.345 e. The van der Waals surface area contributed by atoms with Crippen LogP contribution >= 0.6 is 11.6 Å². The molecule has 0 aromatic carbocycles. The van der Waals surface area contributed by atoms with Gasteiger partial charge in [-0.15, -0.1) is 0 Å². The molecule has 2 heterocycles. The molecule has 2 bridgehead atoms. The molecule has 2 aliphatic rings. The van der Waals surface area contributed by atoms with Gasteiger partial charge in [0.15, 0.2) is 5.78 Å². The number of ketones is 1. The summed E-state index contributed by atoms with van der Waals surface area (Å²) in [5.41, 5.74) is 1.41. The average molecular weight is 289 g/mol. The van der Waals surface area contributed by atoms with E-state index in [0.717, 1.165) is 17.2 Å². The minimum absolute atomic E-state index is 0.212. The number of hydrogen-bond acceptors (Lipinski definition) is 2. The van der Waals surface area contributed by atoms with Crippen LogP contribution in [-0.2, 0) is 0 Å². The fourth-order valence-corrected chi connectivity index (χ4v) is 4.46. The third kappa shape index (κ3) is 1.87. The number of fused-ring (bicyclic) bond motifs is 3. The van der Waals surface area contributed by atoms with Crippen LogP contribution in [0.3, 0.4) is 0 Å². The third-order valence-electron chi connectivity index (χ3n) is 5.16. The standard InChI is InChI=1S/C16H17ClN2O/c17-13-3-4-18-16-15(13)12(8-19-16)14(20)7-11-6-9-1-2-10(11)5-9/h3-4,8-11H,1-2,5-7H2,(H,18,19). The smallest absolute Gasteiger partial charge is 0.165 e. The predicted molar refractivity (Wildman–Crippen MR) is 79.0 cm³/mol. The van der Waals surface area contributed by atoms with Crippen molar-refractivity contribution in [3.05, 3.63) is 29.0 Å². The molecule has 2 fully saturated rings. The lowest BCUT2D eigenvalue weighted by Crippen LogP contribution is -2.15. The fraction of sp³-hybridized carbons (Fsp3) is 0.500. The third-order valence-corrected chi connectivity index (χ3v) is 5.47. The fourth-order valence-electron chi connectivity index (χ4n) is 4.21. The van der Waals surface area contributed by atoms with E-state index in [2.05, 4.69) is 9.97 Å². The lowest BCUT2D eigenvalue weighted by molar-refractivity contribution is 0.0946. The summed E-state index contributed by atoms with van der Waals surface area (Å²) in [6, 6.07) is 1.74. The van der Waals surface area contributed by atoms with Crippen LogP contribution in [0.4, 0.5) is 0 Å². The van der Waals surface area contributed by atoms with E-state index in [0.29, 0.717) is 28.6 Å². The summed E-state index contributed by atoms with van der Waals surface area (Å²) in [4.78, 5) is 19.9. The molecule has 3 nitrogen and oxygen atoms in total. The number of H-pyrrole nitrogens is 1. The molecule has 0 saturated heterocycles. The highest BCUT2D eigenvalue weighted by Crippen LogP contribution is 2.49. The van der Waals surface area contributed by atoms with Crippen molar-refractivity contribution < 1.29 is 4.79 Å². The Balaban J connectivity index is 1.61. The van der Waals surface area contributed by atoms with Gasteiger partial charge in [-0.25, -0.2) is 4.98 Å². The van der Waals surface area contributed by atoms with Crippen molar-refractivity contribution in [2.75, 3.05) is 0 Å². The van der Waals surface area contributed by atoms with E-state index in [1.165, 1.54) is 25.7 Å². The van der Waals surface area contributed by atoms with Crippen LogP contribution in [0.2, 0.25) is 5.02 Å². The van der Waals surface area contributed by atoms with Crippen LogP contribution in [-0.4, -0.2) is 15.8 Å². The van der Waals surface area contributed by atoms with E-state index in [-0.39, 0.29) is 5.78 Å². The Morgan fingerprint density at radius 1 is 1.40 bits per heavy atom. The number of rotatable bonds is 3. The van der Waals surface area contributed by atoms with Crippen molar-refractivity contribution in [3.63, 3.8) is 0 Å². The second-order valence-corrected chi connectivity index (χ2v) is 6.69. The molecule has 3 unspecified atom stereocenters. The van der Waals surface area contributed by atoms with Crippen molar-refractivity contribution in [1.82, 2.24) is 9.97 Å². The highest BCUT2D eigenvalue weighted by atomic mass is 35.5. The van der Waals surface area contributed by atoms with Gasteiger partial charge in [0.05, 0.1) is 5.02 Å². The van der Waals surface area contributed by atoms with Crippen molar-refractivity contribution in [1.29, 1.82) is 0 Å². The summed E-state index contributed by atoms with van der Waals surface area (Å²) in [5.74, 6) is 2.46. The molecular formula is C16H17ClN2O. The Hall–Kier alpha value is -1.35. The first-order valence-electron chi connectivity index (χ1n) is 7.37. The molecule has 20 heavy (non-hydrogen) atoms. The molecule has 0 spiro atoms. The van der Waals surface area contributed by atoms with Crippen LogP contribution in [0.5, 0.6) is 0 Å². The summed E-state index contributed by atoms with van der Waals surface area (Å²) >= 11 is 6.22. The molecule has 2 saturated carbocycles. The number of aromatic nitrogens is 2. The van der Waals surface area contributed by atoms with E-state index in [9.17, 15) is 4.79 Å². The molecule has 0 amide bonds. The normalized spacial score (nSPS) is 28.4. The van der Waals surface area contributed by atoms with Gasteiger partial charge in [-0.3, -0.25) is 4.79 Å². The van der Waals surface area contributed by atoms with Gasteiger partial charge in [-0.1, -0.05) is 18.0 Å². The van der Waals surface area contributed by atoms with Gasteiger partial charge in [0, 0.05) is 29.8 Å². The Labute approximate surface area is 122 Å². The van der Waals surface area contributed by atoms with Crippen LogP contribution in [0.15, 0.2) is 18.5 Å². The Bertz CT molecular complexity index is 678. The quantitative estimate of drug-likeness (QED) is 0.859. The topological polar surface area (TPSA) is 45.8 Å². The second kappa shape index (κ2) is 4.59. The van der Waals surface area contributed by atoms with Gasteiger partial charge in [0.2, 0.25) is 0 Å². The summed E-state index contributed by atoms with van der Waals surface area (Å²) in [7, 11) is 0. The lowest BCUT2D eigenvalue weighted by Gasteiger charge is -2.20. The number of halogens is 1. The van der Waals surface area contributed by atoms with E-state index >= 15 is 0 Å². The van der Waals surface area contributed by atoms with Crippen molar-refractivity contribution in [2.45, 2.75) is 32.1 Å². The number of Topliss-reactive ketones (excluding diaryl/α,β-unsaturated/α-hetero) is 1. The molecule has 104 valence electrons. The molecule has 0 aliphatic heterocycles. The van der Waals surface area contributed by atoms with Crippen molar-refractivity contribution in [3.8, 4) is 0 Å². The first-order valence-corrected chi connectivity index (χ1v) is 7.75. The van der Waals surface area contributed by atoms with Crippen molar-refractivity contribution in [2.24, 2.45) is 17.8 Å². The van der Waals surface area contributed by atoms with E-state index in [1.807, 2.05) is 0 Å². The van der Waals surface area contributed by atoms with Crippen LogP contribution in [0.25, 0.3) is 11.0 Å². The maximum absolute atomic E-state index is 12.6. The SMILES string of the molecule is O=C(CC1CC2CCC1C2)c1c[nH]c2nccc(Cl)c12. The first-order chi connectivity index (χ1) is 9.72. The molecular weight excluding hydrogens is 272 g/mol. The Morgan fingerprint density at radius 2 is 2.30 bits per heavy atom. The summed E-state index contributed by atoms with van der Waals surface area (Å²) in [6.45, 7) is 0. The Kier molecular flexibility index (Phi) is 2.84. The molecule has 2 aliphatic carbocycles. The molecule has 2 aromatic rings.